The van der Waals surface area contributed by atoms with Crippen LogP contribution < -0.4 is 15.4 Å². The van der Waals surface area contributed by atoms with Crippen LogP contribution in [0.3, 0.4) is 0 Å². The molecule has 0 fully saturated rings. The molecule has 0 aliphatic rings. The third kappa shape index (κ3) is 5.57. The number of para-hydroxylation sites is 2. The molecule has 0 radical (unpaired) electrons. The molecule has 0 unspecified atom stereocenters. The van der Waals surface area contributed by atoms with Gasteiger partial charge in [0.25, 0.3) is 0 Å². The van der Waals surface area contributed by atoms with Crippen molar-refractivity contribution in [3.05, 3.63) is 54.0 Å². The summed E-state index contributed by atoms with van der Waals surface area (Å²) in [5.41, 5.74) is 3.30. The largest absolute Gasteiger partial charge is 0.481 e. The van der Waals surface area contributed by atoms with Gasteiger partial charge in [-0.05, 0) is 31.0 Å². The number of fused-ring (bicyclic) bond motifs is 1. The first kappa shape index (κ1) is 21.9. The molecule has 8 heteroatoms. The highest BCUT2D eigenvalue weighted by Gasteiger charge is 2.06. The Bertz CT molecular complexity index is 907. The van der Waals surface area contributed by atoms with Crippen molar-refractivity contribution in [2.75, 3.05) is 20.7 Å². The fourth-order valence-electron chi connectivity index (χ4n) is 2.96. The smallest absolute Gasteiger partial charge is 0.212 e. The summed E-state index contributed by atoms with van der Waals surface area (Å²) < 4.78 is 7.33. The number of ether oxygens (including phenoxy) is 1. The van der Waals surface area contributed by atoms with Crippen LogP contribution in [0.15, 0.2) is 47.6 Å². The average Bonchev–Trinajstić information content (AvgIpc) is 3.03. The van der Waals surface area contributed by atoms with Crippen molar-refractivity contribution in [1.29, 1.82) is 0 Å². The standard InChI is InChI=1S/C20H26N6O.HI/c1-15-25-17-7-4-5-8-18(17)26(15)12-6-11-22-20(21-2)24-14-16-9-10-19(27-3)23-13-16;/h4-5,7-10,13H,6,11-12,14H2,1-3H3,(H2,21,22,24);1H. The van der Waals surface area contributed by atoms with Crippen LogP contribution in [-0.2, 0) is 13.1 Å². The molecule has 0 bridgehead atoms. The minimum absolute atomic E-state index is 0. The minimum atomic E-state index is 0. The van der Waals surface area contributed by atoms with E-state index in [1.807, 2.05) is 18.2 Å². The fraction of sp³-hybridized carbons (Fsp3) is 0.350. The number of pyridine rings is 1. The van der Waals surface area contributed by atoms with Crippen molar-refractivity contribution in [1.82, 2.24) is 25.2 Å². The number of nitrogens with one attached hydrogen (secondary N) is 2. The predicted molar refractivity (Wildman–Crippen MR) is 123 cm³/mol. The van der Waals surface area contributed by atoms with Crippen molar-refractivity contribution in [2.24, 2.45) is 4.99 Å². The van der Waals surface area contributed by atoms with Crippen molar-refractivity contribution < 1.29 is 4.74 Å². The summed E-state index contributed by atoms with van der Waals surface area (Å²) in [6.07, 6.45) is 2.78. The third-order valence-electron chi connectivity index (χ3n) is 4.39. The molecule has 1 aromatic carbocycles. The Kier molecular flexibility index (Phi) is 8.49. The molecule has 3 rings (SSSR count). The van der Waals surface area contributed by atoms with Gasteiger partial charge in [-0.15, -0.1) is 24.0 Å². The van der Waals surface area contributed by atoms with E-state index >= 15 is 0 Å². The topological polar surface area (TPSA) is 76.4 Å². The van der Waals surface area contributed by atoms with Crippen LogP contribution in [0.1, 0.15) is 17.8 Å². The third-order valence-corrected chi connectivity index (χ3v) is 4.39. The van der Waals surface area contributed by atoms with E-state index in [0.717, 1.165) is 42.4 Å². The van der Waals surface area contributed by atoms with Crippen molar-refractivity contribution in [3.63, 3.8) is 0 Å². The zero-order valence-corrected chi connectivity index (χ0v) is 18.8. The summed E-state index contributed by atoms with van der Waals surface area (Å²) >= 11 is 0. The van der Waals surface area contributed by atoms with Crippen molar-refractivity contribution >= 4 is 41.0 Å². The normalized spacial score (nSPS) is 11.2. The molecule has 3 aromatic rings. The fourth-order valence-corrected chi connectivity index (χ4v) is 2.96. The molecule has 2 N–H and O–H groups in total. The number of rotatable bonds is 7. The first-order chi connectivity index (χ1) is 13.2. The SMILES string of the molecule is CN=C(NCCCn1c(C)nc2ccccc21)NCc1ccc(OC)nc1.I. The van der Waals surface area contributed by atoms with Crippen LogP contribution >= 0.6 is 24.0 Å². The van der Waals surface area contributed by atoms with Gasteiger partial charge in [-0.25, -0.2) is 9.97 Å². The quantitative estimate of drug-likeness (QED) is 0.229. The van der Waals surface area contributed by atoms with Gasteiger partial charge in [0, 0.05) is 38.9 Å². The molecular weight excluding hydrogens is 467 g/mol. The van der Waals surface area contributed by atoms with Crippen molar-refractivity contribution in [2.45, 2.75) is 26.4 Å². The van der Waals surface area contributed by atoms with Gasteiger partial charge in [-0.2, -0.15) is 0 Å². The Balaban J connectivity index is 0.00000280. The van der Waals surface area contributed by atoms with Gasteiger partial charge in [0.1, 0.15) is 5.82 Å². The molecule has 2 heterocycles. The highest BCUT2D eigenvalue weighted by Crippen LogP contribution is 2.15. The summed E-state index contributed by atoms with van der Waals surface area (Å²) in [7, 11) is 3.38. The molecular formula is C20H27IN6O. The second-order valence-corrected chi connectivity index (χ2v) is 6.21. The maximum Gasteiger partial charge on any atom is 0.212 e. The first-order valence-electron chi connectivity index (χ1n) is 9.06. The Morgan fingerprint density at radius 2 is 2.00 bits per heavy atom. The lowest BCUT2D eigenvalue weighted by Gasteiger charge is -2.13. The highest BCUT2D eigenvalue weighted by atomic mass is 127. The second-order valence-electron chi connectivity index (χ2n) is 6.21. The lowest BCUT2D eigenvalue weighted by molar-refractivity contribution is 0.397. The van der Waals surface area contributed by atoms with Crippen molar-refractivity contribution in [3.8, 4) is 5.88 Å². The number of benzene rings is 1. The van der Waals surface area contributed by atoms with Gasteiger partial charge in [0.15, 0.2) is 5.96 Å². The Morgan fingerprint density at radius 3 is 2.71 bits per heavy atom. The molecule has 0 saturated carbocycles. The van der Waals surface area contributed by atoms with Crippen LogP contribution in [0.25, 0.3) is 11.0 Å². The molecule has 7 nitrogen and oxygen atoms in total. The predicted octanol–water partition coefficient (Wildman–Crippen LogP) is 3.12. The lowest BCUT2D eigenvalue weighted by atomic mass is 10.3. The van der Waals surface area contributed by atoms with Gasteiger partial charge in [-0.1, -0.05) is 18.2 Å². The van der Waals surface area contributed by atoms with Crippen LogP contribution in [0.4, 0.5) is 0 Å². The summed E-state index contributed by atoms with van der Waals surface area (Å²) in [6.45, 7) is 4.45. The first-order valence-corrected chi connectivity index (χ1v) is 9.06. The molecule has 2 aromatic heterocycles. The van der Waals surface area contributed by atoms with Crippen LogP contribution in [0.2, 0.25) is 0 Å². The maximum absolute atomic E-state index is 5.07. The van der Waals surface area contributed by atoms with E-state index in [4.69, 9.17) is 4.74 Å². The number of hydrogen-bond acceptors (Lipinski definition) is 4. The van der Waals surface area contributed by atoms with E-state index in [1.165, 1.54) is 5.52 Å². The van der Waals surface area contributed by atoms with E-state index < -0.39 is 0 Å². The monoisotopic (exact) mass is 494 g/mol. The number of hydrogen-bond donors (Lipinski definition) is 2. The number of guanidine groups is 1. The Labute approximate surface area is 182 Å². The van der Waals surface area contributed by atoms with Crippen LogP contribution in [-0.4, -0.2) is 41.2 Å². The van der Waals surface area contributed by atoms with E-state index in [0.29, 0.717) is 12.4 Å². The van der Waals surface area contributed by atoms with E-state index in [2.05, 4.69) is 55.3 Å². The molecule has 150 valence electrons. The molecule has 0 spiro atoms. The molecule has 0 amide bonds. The molecule has 0 atom stereocenters. The van der Waals surface area contributed by atoms with Gasteiger partial charge >= 0.3 is 0 Å². The number of imidazole rings is 1. The average molecular weight is 494 g/mol. The Hall–Kier alpha value is -2.36. The molecule has 28 heavy (non-hydrogen) atoms. The van der Waals surface area contributed by atoms with E-state index in [9.17, 15) is 0 Å². The lowest BCUT2D eigenvalue weighted by Crippen LogP contribution is -2.37. The van der Waals surface area contributed by atoms with Gasteiger partial charge in [0.05, 0.1) is 18.1 Å². The van der Waals surface area contributed by atoms with E-state index in [-0.39, 0.29) is 24.0 Å². The summed E-state index contributed by atoms with van der Waals surface area (Å²) in [5.74, 6) is 2.44. The van der Waals surface area contributed by atoms with Gasteiger partial charge in [-0.3, -0.25) is 4.99 Å². The highest BCUT2D eigenvalue weighted by molar-refractivity contribution is 14.0. The van der Waals surface area contributed by atoms with Crippen LogP contribution in [0.5, 0.6) is 5.88 Å². The number of nitrogens with zero attached hydrogens (tertiary/aromatic N) is 4. The minimum Gasteiger partial charge on any atom is -0.481 e. The molecule has 0 aliphatic carbocycles. The van der Waals surface area contributed by atoms with E-state index in [1.54, 1.807) is 20.4 Å². The zero-order valence-electron chi connectivity index (χ0n) is 16.5. The number of aliphatic imine (C=N–C) groups is 1. The van der Waals surface area contributed by atoms with Crippen LogP contribution in [0, 0.1) is 6.92 Å². The van der Waals surface area contributed by atoms with Gasteiger partial charge < -0.3 is 19.9 Å². The summed E-state index contributed by atoms with van der Waals surface area (Å²) in [4.78, 5) is 13.1. The number of aromatic nitrogens is 3. The van der Waals surface area contributed by atoms with Gasteiger partial charge in [0.2, 0.25) is 5.88 Å². The number of methoxy groups -OCH3 is 1. The molecule has 0 aliphatic heterocycles. The maximum atomic E-state index is 5.07. The summed E-state index contributed by atoms with van der Waals surface area (Å²) in [6, 6.07) is 12.1. The summed E-state index contributed by atoms with van der Waals surface area (Å²) in [5, 5.41) is 6.65. The Morgan fingerprint density at radius 1 is 1.18 bits per heavy atom. The number of aryl methyl sites for hydroxylation is 2. The number of halogens is 1. The second kappa shape index (κ2) is 10.8. The zero-order chi connectivity index (χ0) is 19.1. The molecule has 0 saturated heterocycles.